The molecular formula is C16H20N2OS. The van der Waals surface area contributed by atoms with Crippen LogP contribution in [0, 0.1) is 0 Å². The van der Waals surface area contributed by atoms with Crippen LogP contribution in [0.15, 0.2) is 47.5 Å². The second-order valence-corrected chi connectivity index (χ2v) is 5.28. The molecule has 20 heavy (non-hydrogen) atoms. The van der Waals surface area contributed by atoms with E-state index in [-0.39, 0.29) is 0 Å². The first kappa shape index (κ1) is 14.9. The number of hydrogen-bond acceptors (Lipinski definition) is 4. The Labute approximate surface area is 124 Å². The van der Waals surface area contributed by atoms with Crippen molar-refractivity contribution < 1.29 is 4.74 Å². The van der Waals surface area contributed by atoms with Crippen molar-refractivity contribution in [1.82, 2.24) is 10.3 Å². The minimum Gasteiger partial charge on any atom is -0.438 e. The Bertz CT molecular complexity index is 528. The number of pyridine rings is 1. The van der Waals surface area contributed by atoms with Gasteiger partial charge in [-0.2, -0.15) is 0 Å². The van der Waals surface area contributed by atoms with E-state index in [2.05, 4.69) is 17.2 Å². The van der Waals surface area contributed by atoms with Gasteiger partial charge in [-0.3, -0.25) is 0 Å². The number of ether oxygens (including phenoxy) is 1. The van der Waals surface area contributed by atoms with Gasteiger partial charge in [-0.25, -0.2) is 4.98 Å². The summed E-state index contributed by atoms with van der Waals surface area (Å²) in [7, 11) is 0. The van der Waals surface area contributed by atoms with Gasteiger partial charge in [-0.05, 0) is 36.9 Å². The van der Waals surface area contributed by atoms with E-state index < -0.39 is 0 Å². The van der Waals surface area contributed by atoms with Crippen LogP contribution in [-0.4, -0.2) is 17.8 Å². The number of rotatable bonds is 7. The molecule has 0 aliphatic carbocycles. The lowest BCUT2D eigenvalue weighted by molar-refractivity contribution is 0.451. The highest BCUT2D eigenvalue weighted by molar-refractivity contribution is 7.98. The van der Waals surface area contributed by atoms with Crippen molar-refractivity contribution in [3.8, 4) is 11.6 Å². The van der Waals surface area contributed by atoms with Crippen molar-refractivity contribution in [3.05, 3.63) is 48.2 Å². The van der Waals surface area contributed by atoms with Crippen molar-refractivity contribution in [2.75, 3.05) is 12.8 Å². The lowest BCUT2D eigenvalue weighted by atomic mass is 10.3. The number of benzene rings is 1. The summed E-state index contributed by atoms with van der Waals surface area (Å²) in [6, 6.07) is 12.0. The summed E-state index contributed by atoms with van der Waals surface area (Å²) in [5.74, 6) is 1.48. The Morgan fingerprint density at radius 3 is 2.75 bits per heavy atom. The van der Waals surface area contributed by atoms with Gasteiger partial charge in [0.1, 0.15) is 5.75 Å². The molecule has 1 N–H and O–H groups in total. The third kappa shape index (κ3) is 4.25. The second-order valence-electron chi connectivity index (χ2n) is 4.43. The zero-order valence-electron chi connectivity index (χ0n) is 11.9. The largest absolute Gasteiger partial charge is 0.438 e. The van der Waals surface area contributed by atoms with Crippen LogP contribution in [0.3, 0.4) is 0 Å². The molecule has 1 aromatic heterocycles. The molecule has 0 fully saturated rings. The fourth-order valence-electron chi connectivity index (χ4n) is 1.80. The van der Waals surface area contributed by atoms with E-state index in [0.29, 0.717) is 5.88 Å². The van der Waals surface area contributed by atoms with Gasteiger partial charge in [0.2, 0.25) is 5.88 Å². The van der Waals surface area contributed by atoms with Gasteiger partial charge in [0.05, 0.1) is 0 Å². The van der Waals surface area contributed by atoms with E-state index in [9.17, 15) is 0 Å². The smallest absolute Gasteiger partial charge is 0.219 e. The maximum absolute atomic E-state index is 5.83. The Morgan fingerprint density at radius 2 is 2.05 bits per heavy atom. The summed E-state index contributed by atoms with van der Waals surface area (Å²) >= 11 is 1.67. The molecule has 0 saturated heterocycles. The van der Waals surface area contributed by atoms with Crippen LogP contribution in [0.1, 0.15) is 18.9 Å². The Hall–Kier alpha value is -1.52. The summed E-state index contributed by atoms with van der Waals surface area (Å²) in [6.45, 7) is 4.03. The summed E-state index contributed by atoms with van der Waals surface area (Å²) in [5, 5.41) is 3.35. The minimum atomic E-state index is 0.630. The van der Waals surface area contributed by atoms with E-state index in [1.54, 1.807) is 11.8 Å². The molecule has 0 spiro atoms. The summed E-state index contributed by atoms with van der Waals surface area (Å²) in [4.78, 5) is 5.47. The molecule has 0 aliphatic heterocycles. The van der Waals surface area contributed by atoms with Gasteiger partial charge in [0.25, 0.3) is 0 Å². The van der Waals surface area contributed by atoms with Crippen molar-refractivity contribution in [3.63, 3.8) is 0 Å². The minimum absolute atomic E-state index is 0.630. The van der Waals surface area contributed by atoms with Crippen LogP contribution >= 0.6 is 11.8 Å². The molecule has 4 heteroatoms. The highest BCUT2D eigenvalue weighted by Crippen LogP contribution is 2.30. The van der Waals surface area contributed by atoms with Crippen LogP contribution in [0.2, 0.25) is 0 Å². The molecule has 1 aromatic carbocycles. The number of hydrogen-bond donors (Lipinski definition) is 1. The number of aromatic nitrogens is 1. The molecule has 0 unspecified atom stereocenters. The molecule has 0 saturated carbocycles. The molecule has 2 rings (SSSR count). The molecule has 0 atom stereocenters. The highest BCUT2D eigenvalue weighted by Gasteiger charge is 2.04. The Balaban J connectivity index is 1.99. The topological polar surface area (TPSA) is 34.1 Å². The van der Waals surface area contributed by atoms with Crippen LogP contribution in [0.5, 0.6) is 11.6 Å². The SMILES string of the molecule is CCCNCc1ccc(Oc2ccccc2SC)nc1. The molecular weight excluding hydrogens is 268 g/mol. The van der Waals surface area contributed by atoms with Crippen LogP contribution in [-0.2, 0) is 6.54 Å². The van der Waals surface area contributed by atoms with Crippen molar-refractivity contribution >= 4 is 11.8 Å². The predicted octanol–water partition coefficient (Wildman–Crippen LogP) is 4.10. The van der Waals surface area contributed by atoms with Crippen molar-refractivity contribution in [1.29, 1.82) is 0 Å². The summed E-state index contributed by atoms with van der Waals surface area (Å²) in [5.41, 5.74) is 1.17. The van der Waals surface area contributed by atoms with Crippen LogP contribution < -0.4 is 10.1 Å². The molecule has 106 valence electrons. The number of nitrogens with zero attached hydrogens (tertiary/aromatic N) is 1. The van der Waals surface area contributed by atoms with Crippen molar-refractivity contribution in [2.45, 2.75) is 24.8 Å². The van der Waals surface area contributed by atoms with Gasteiger partial charge in [-0.1, -0.05) is 25.1 Å². The average molecular weight is 288 g/mol. The summed E-state index contributed by atoms with van der Waals surface area (Å²) < 4.78 is 5.83. The fourth-order valence-corrected chi connectivity index (χ4v) is 2.33. The molecule has 1 heterocycles. The quantitative estimate of drug-likeness (QED) is 0.614. The number of thioether (sulfide) groups is 1. The normalized spacial score (nSPS) is 10.5. The standard InChI is InChI=1S/C16H20N2OS/c1-3-10-17-11-13-8-9-16(18-12-13)19-14-6-4-5-7-15(14)20-2/h4-9,12,17H,3,10-11H2,1-2H3. The van der Waals surface area contributed by atoms with Crippen LogP contribution in [0.25, 0.3) is 0 Å². The predicted molar refractivity (Wildman–Crippen MR) is 84.5 cm³/mol. The zero-order chi connectivity index (χ0) is 14.2. The highest BCUT2D eigenvalue weighted by atomic mass is 32.2. The first-order chi connectivity index (χ1) is 9.83. The maximum Gasteiger partial charge on any atom is 0.219 e. The zero-order valence-corrected chi connectivity index (χ0v) is 12.7. The first-order valence-corrected chi connectivity index (χ1v) is 8.02. The van der Waals surface area contributed by atoms with Gasteiger partial charge in [-0.15, -0.1) is 11.8 Å². The maximum atomic E-state index is 5.83. The van der Waals surface area contributed by atoms with Gasteiger partial charge < -0.3 is 10.1 Å². The fraction of sp³-hybridized carbons (Fsp3) is 0.312. The van der Waals surface area contributed by atoms with E-state index in [1.165, 1.54) is 5.56 Å². The lowest BCUT2D eigenvalue weighted by Crippen LogP contribution is -2.13. The third-order valence-corrected chi connectivity index (χ3v) is 3.61. The van der Waals surface area contributed by atoms with E-state index in [1.807, 2.05) is 48.9 Å². The van der Waals surface area contributed by atoms with E-state index >= 15 is 0 Å². The molecule has 0 aliphatic rings. The van der Waals surface area contributed by atoms with E-state index in [0.717, 1.165) is 30.2 Å². The average Bonchev–Trinajstić information content (AvgIpc) is 2.50. The molecule has 0 amide bonds. The van der Waals surface area contributed by atoms with Gasteiger partial charge >= 0.3 is 0 Å². The number of para-hydroxylation sites is 1. The van der Waals surface area contributed by atoms with Crippen LogP contribution in [0.4, 0.5) is 0 Å². The molecule has 2 aromatic rings. The van der Waals surface area contributed by atoms with E-state index in [4.69, 9.17) is 4.74 Å². The van der Waals surface area contributed by atoms with Gasteiger partial charge in [0.15, 0.2) is 0 Å². The monoisotopic (exact) mass is 288 g/mol. The summed E-state index contributed by atoms with van der Waals surface area (Å²) in [6.07, 6.45) is 5.04. The van der Waals surface area contributed by atoms with Gasteiger partial charge in [0, 0.05) is 23.7 Å². The first-order valence-electron chi connectivity index (χ1n) is 6.80. The Morgan fingerprint density at radius 1 is 1.20 bits per heavy atom. The Kier molecular flexibility index (Phi) is 5.89. The molecule has 0 bridgehead atoms. The number of nitrogens with one attached hydrogen (secondary N) is 1. The third-order valence-electron chi connectivity index (χ3n) is 2.84. The van der Waals surface area contributed by atoms with Crippen molar-refractivity contribution in [2.24, 2.45) is 0 Å². The lowest BCUT2D eigenvalue weighted by Gasteiger charge is -2.09. The second kappa shape index (κ2) is 7.92. The molecule has 0 radical (unpaired) electrons. The molecule has 3 nitrogen and oxygen atoms in total.